The third-order valence-corrected chi connectivity index (χ3v) is 3.81. The number of nitrogens with one attached hydrogen (secondary N) is 1. The molecule has 4 atom stereocenters. The van der Waals surface area contributed by atoms with Crippen molar-refractivity contribution >= 4 is 11.8 Å². The summed E-state index contributed by atoms with van der Waals surface area (Å²) >= 11 is 0. The normalized spacial score (nSPS) is 38.3. The molecule has 2 saturated heterocycles. The van der Waals surface area contributed by atoms with Crippen LogP contribution in [0.25, 0.3) is 0 Å². The van der Waals surface area contributed by atoms with Crippen molar-refractivity contribution in [2.45, 2.75) is 18.6 Å². The van der Waals surface area contributed by atoms with Crippen molar-refractivity contribution in [1.29, 1.82) is 0 Å². The van der Waals surface area contributed by atoms with Gasteiger partial charge in [-0.3, -0.25) is 14.5 Å². The van der Waals surface area contributed by atoms with Gasteiger partial charge in [-0.2, -0.15) is 0 Å². The smallest absolute Gasteiger partial charge is 0.236 e. The highest BCUT2D eigenvalue weighted by molar-refractivity contribution is 6.06. The maximum atomic E-state index is 12.2. The van der Waals surface area contributed by atoms with Crippen LogP contribution in [-0.2, 0) is 14.3 Å². The van der Waals surface area contributed by atoms with Crippen molar-refractivity contribution in [3.63, 3.8) is 0 Å². The zero-order valence-corrected chi connectivity index (χ0v) is 9.76. The molecule has 2 fully saturated rings. The van der Waals surface area contributed by atoms with E-state index in [9.17, 15) is 9.59 Å². The Morgan fingerprint density at radius 3 is 2.35 bits per heavy atom. The quantitative estimate of drug-likeness (QED) is 0.407. The number of amides is 2. The van der Waals surface area contributed by atoms with Gasteiger partial charge in [0.15, 0.2) is 0 Å². The van der Waals surface area contributed by atoms with Crippen molar-refractivity contribution in [2.75, 3.05) is 20.1 Å². The SMILES string of the molecule is CNCCCN1C(=O)C2C3C=CC(O3)C2C1=O. The maximum absolute atomic E-state index is 12.2. The Morgan fingerprint density at radius 2 is 1.82 bits per heavy atom. The van der Waals surface area contributed by atoms with Crippen LogP contribution in [0.2, 0.25) is 0 Å². The number of imide groups is 1. The van der Waals surface area contributed by atoms with Gasteiger partial charge in [0.2, 0.25) is 11.8 Å². The third kappa shape index (κ3) is 1.46. The molecule has 3 aliphatic heterocycles. The van der Waals surface area contributed by atoms with Gasteiger partial charge in [-0.25, -0.2) is 0 Å². The first-order valence-electron chi connectivity index (χ1n) is 6.07. The van der Waals surface area contributed by atoms with E-state index in [2.05, 4.69) is 5.32 Å². The van der Waals surface area contributed by atoms with Gasteiger partial charge in [0, 0.05) is 6.54 Å². The highest BCUT2D eigenvalue weighted by atomic mass is 16.5. The van der Waals surface area contributed by atoms with Crippen molar-refractivity contribution in [3.05, 3.63) is 12.2 Å². The lowest BCUT2D eigenvalue weighted by molar-refractivity contribution is -0.142. The molecule has 2 bridgehead atoms. The number of hydrogen-bond donors (Lipinski definition) is 1. The second-order valence-electron chi connectivity index (χ2n) is 4.79. The summed E-state index contributed by atoms with van der Waals surface area (Å²) in [7, 11) is 1.86. The van der Waals surface area contributed by atoms with Crippen molar-refractivity contribution < 1.29 is 14.3 Å². The van der Waals surface area contributed by atoms with E-state index in [4.69, 9.17) is 4.74 Å². The molecule has 0 aromatic carbocycles. The van der Waals surface area contributed by atoms with Gasteiger partial charge in [0.1, 0.15) is 0 Å². The molecule has 2 amide bonds. The summed E-state index contributed by atoms with van der Waals surface area (Å²) in [5, 5.41) is 3.02. The van der Waals surface area contributed by atoms with E-state index in [0.717, 1.165) is 13.0 Å². The van der Waals surface area contributed by atoms with Gasteiger partial charge in [-0.05, 0) is 20.0 Å². The molecule has 4 unspecified atom stereocenters. The molecule has 0 aromatic heterocycles. The molecule has 1 N–H and O–H groups in total. The van der Waals surface area contributed by atoms with Crippen LogP contribution in [-0.4, -0.2) is 49.1 Å². The van der Waals surface area contributed by atoms with Gasteiger partial charge in [0.05, 0.1) is 24.0 Å². The van der Waals surface area contributed by atoms with Crippen LogP contribution in [0.5, 0.6) is 0 Å². The largest absolute Gasteiger partial charge is 0.365 e. The molecule has 3 heterocycles. The monoisotopic (exact) mass is 236 g/mol. The maximum Gasteiger partial charge on any atom is 0.236 e. The Morgan fingerprint density at radius 1 is 1.24 bits per heavy atom. The van der Waals surface area contributed by atoms with Gasteiger partial charge in [-0.15, -0.1) is 0 Å². The fourth-order valence-corrected chi connectivity index (χ4v) is 3.00. The minimum Gasteiger partial charge on any atom is -0.365 e. The molecule has 0 aromatic rings. The van der Waals surface area contributed by atoms with Crippen LogP contribution in [0.15, 0.2) is 12.2 Å². The average molecular weight is 236 g/mol. The average Bonchev–Trinajstić information content (AvgIpc) is 2.97. The van der Waals surface area contributed by atoms with E-state index in [1.807, 2.05) is 19.2 Å². The van der Waals surface area contributed by atoms with Gasteiger partial charge >= 0.3 is 0 Å². The van der Waals surface area contributed by atoms with E-state index in [1.165, 1.54) is 4.90 Å². The molecule has 0 radical (unpaired) electrons. The molecule has 5 nitrogen and oxygen atoms in total. The fourth-order valence-electron chi connectivity index (χ4n) is 3.00. The molecular weight excluding hydrogens is 220 g/mol. The molecule has 0 aliphatic carbocycles. The molecule has 5 heteroatoms. The summed E-state index contributed by atoms with van der Waals surface area (Å²) in [6.45, 7) is 1.33. The van der Waals surface area contributed by atoms with Gasteiger partial charge < -0.3 is 10.1 Å². The van der Waals surface area contributed by atoms with E-state index >= 15 is 0 Å². The molecule has 92 valence electrons. The first kappa shape index (κ1) is 10.9. The summed E-state index contributed by atoms with van der Waals surface area (Å²) in [5.74, 6) is -0.611. The van der Waals surface area contributed by atoms with Crippen LogP contribution in [0.4, 0.5) is 0 Å². The standard InChI is InChI=1S/C12H16N2O3/c1-13-5-2-6-14-11(15)9-7-3-4-8(17-7)10(9)12(14)16/h3-4,7-10,13H,2,5-6H2,1H3. The number of fused-ring (bicyclic) bond motifs is 5. The number of likely N-dealkylation sites (tertiary alicyclic amines) is 1. The first-order valence-corrected chi connectivity index (χ1v) is 6.07. The highest BCUT2D eigenvalue weighted by Crippen LogP contribution is 2.44. The Hall–Kier alpha value is -1.20. The van der Waals surface area contributed by atoms with Crippen LogP contribution in [0, 0.1) is 11.8 Å². The van der Waals surface area contributed by atoms with Crippen LogP contribution < -0.4 is 5.32 Å². The van der Waals surface area contributed by atoms with Crippen LogP contribution in [0.3, 0.4) is 0 Å². The number of rotatable bonds is 4. The summed E-state index contributed by atoms with van der Waals surface area (Å²) in [5.41, 5.74) is 0. The highest BCUT2D eigenvalue weighted by Gasteiger charge is 2.60. The predicted octanol–water partition coefficient (Wildman–Crippen LogP) is -0.466. The van der Waals surface area contributed by atoms with Gasteiger partial charge in [0.25, 0.3) is 0 Å². The molecule has 3 rings (SSSR count). The number of carbonyl (C=O) groups excluding carboxylic acids is 2. The molecule has 3 aliphatic rings. The molecule has 0 spiro atoms. The lowest BCUT2D eigenvalue weighted by Crippen LogP contribution is -2.36. The Labute approximate surface area is 99.8 Å². The second kappa shape index (κ2) is 3.92. The van der Waals surface area contributed by atoms with E-state index in [0.29, 0.717) is 6.54 Å². The van der Waals surface area contributed by atoms with Crippen molar-refractivity contribution in [2.24, 2.45) is 11.8 Å². The summed E-state index contributed by atoms with van der Waals surface area (Å²) in [4.78, 5) is 25.7. The molecule has 17 heavy (non-hydrogen) atoms. The summed E-state index contributed by atoms with van der Waals surface area (Å²) < 4.78 is 5.56. The first-order chi connectivity index (χ1) is 8.24. The summed E-state index contributed by atoms with van der Waals surface area (Å²) in [6, 6.07) is 0. The molecule has 0 saturated carbocycles. The van der Waals surface area contributed by atoms with Crippen molar-refractivity contribution in [1.82, 2.24) is 10.2 Å². The Kier molecular flexibility index (Phi) is 2.52. The minimum atomic E-state index is -0.257. The number of hydrogen-bond acceptors (Lipinski definition) is 4. The van der Waals surface area contributed by atoms with E-state index < -0.39 is 0 Å². The third-order valence-electron chi connectivity index (χ3n) is 3.81. The van der Waals surface area contributed by atoms with E-state index in [-0.39, 0.29) is 35.9 Å². The Bertz CT molecular complexity index is 363. The fraction of sp³-hybridized carbons (Fsp3) is 0.667. The second-order valence-corrected chi connectivity index (χ2v) is 4.79. The number of ether oxygens (including phenoxy) is 1. The van der Waals surface area contributed by atoms with Crippen molar-refractivity contribution in [3.8, 4) is 0 Å². The predicted molar refractivity (Wildman–Crippen MR) is 60.0 cm³/mol. The number of nitrogens with zero attached hydrogens (tertiary/aromatic N) is 1. The van der Waals surface area contributed by atoms with Crippen LogP contribution in [0.1, 0.15) is 6.42 Å². The van der Waals surface area contributed by atoms with Crippen LogP contribution >= 0.6 is 0 Å². The topological polar surface area (TPSA) is 58.6 Å². The number of carbonyl (C=O) groups is 2. The zero-order valence-electron chi connectivity index (χ0n) is 9.76. The van der Waals surface area contributed by atoms with Gasteiger partial charge in [-0.1, -0.05) is 12.2 Å². The minimum absolute atomic E-state index is 0.0482. The lowest BCUT2D eigenvalue weighted by Gasteiger charge is -2.17. The van der Waals surface area contributed by atoms with E-state index in [1.54, 1.807) is 0 Å². The lowest BCUT2D eigenvalue weighted by atomic mass is 9.85. The molecular formula is C12H16N2O3. The Balaban J connectivity index is 1.74. The zero-order chi connectivity index (χ0) is 12.0. The summed E-state index contributed by atoms with van der Waals surface area (Å²) in [6.07, 6.45) is 4.28.